The maximum atomic E-state index is 13.2. The van der Waals surface area contributed by atoms with Crippen molar-refractivity contribution in [2.75, 3.05) is 13.2 Å². The third kappa shape index (κ3) is 3.41. The number of amides is 3. The Bertz CT molecular complexity index is 870. The highest BCUT2D eigenvalue weighted by Gasteiger charge is 2.54. The molecule has 2 atom stereocenters. The van der Waals surface area contributed by atoms with Crippen LogP contribution in [0.3, 0.4) is 0 Å². The zero-order chi connectivity index (χ0) is 19.6. The van der Waals surface area contributed by atoms with E-state index in [0.29, 0.717) is 13.0 Å². The second kappa shape index (κ2) is 7.73. The van der Waals surface area contributed by atoms with E-state index in [2.05, 4.69) is 5.32 Å². The first-order chi connectivity index (χ1) is 13.6. The monoisotopic (exact) mass is 380 g/mol. The maximum absolute atomic E-state index is 13.2. The number of nitrogens with one attached hydrogen (secondary N) is 1. The molecule has 6 heteroatoms. The Morgan fingerprint density at radius 3 is 2.68 bits per heavy atom. The maximum Gasteiger partial charge on any atom is 0.325 e. The largest absolute Gasteiger partial charge is 0.389 e. The number of hydrogen-bond donors (Lipinski definition) is 2. The second-order valence-corrected chi connectivity index (χ2v) is 7.42. The van der Waals surface area contributed by atoms with Crippen LogP contribution in [0, 0.1) is 0 Å². The van der Waals surface area contributed by atoms with Gasteiger partial charge in [0, 0.05) is 0 Å². The van der Waals surface area contributed by atoms with Gasteiger partial charge in [0.2, 0.25) is 0 Å². The lowest BCUT2D eigenvalue weighted by Gasteiger charge is -2.33. The molecule has 0 unspecified atom stereocenters. The van der Waals surface area contributed by atoms with Crippen molar-refractivity contribution in [2.24, 2.45) is 0 Å². The molecule has 2 aromatic carbocycles. The van der Waals surface area contributed by atoms with Crippen LogP contribution < -0.4 is 5.32 Å². The standard InChI is InChI=1S/C22H24N2O4/c25-18(15-28-14-16-7-2-1-3-8-16)13-24-20(26)22(23-21(24)27)12-6-10-17-9-4-5-11-19(17)22/h1-5,7-9,11,18,25H,6,10,12-15H2,(H,23,27)/t18-,22+/m0/s1. The number of ether oxygens (including phenoxy) is 1. The first-order valence-electron chi connectivity index (χ1n) is 9.62. The van der Waals surface area contributed by atoms with Crippen molar-refractivity contribution in [1.82, 2.24) is 10.2 Å². The van der Waals surface area contributed by atoms with Crippen molar-refractivity contribution in [3.05, 3.63) is 71.3 Å². The van der Waals surface area contributed by atoms with Crippen LogP contribution in [0.5, 0.6) is 0 Å². The zero-order valence-electron chi connectivity index (χ0n) is 15.6. The Kier molecular flexibility index (Phi) is 5.15. The summed E-state index contributed by atoms with van der Waals surface area (Å²) < 4.78 is 5.54. The second-order valence-electron chi connectivity index (χ2n) is 7.42. The number of urea groups is 1. The number of benzene rings is 2. The van der Waals surface area contributed by atoms with Crippen molar-refractivity contribution >= 4 is 11.9 Å². The molecule has 1 aliphatic carbocycles. The van der Waals surface area contributed by atoms with Crippen molar-refractivity contribution in [2.45, 2.75) is 37.5 Å². The Morgan fingerprint density at radius 2 is 1.86 bits per heavy atom. The summed E-state index contributed by atoms with van der Waals surface area (Å²) in [5.74, 6) is -0.285. The summed E-state index contributed by atoms with van der Waals surface area (Å²) in [6.07, 6.45) is 1.37. The highest BCUT2D eigenvalue weighted by atomic mass is 16.5. The van der Waals surface area contributed by atoms with Crippen LogP contribution in [-0.2, 0) is 28.1 Å². The Balaban J connectivity index is 1.41. The summed E-state index contributed by atoms with van der Waals surface area (Å²) in [7, 11) is 0. The first kappa shape index (κ1) is 18.7. The molecule has 4 rings (SSSR count). The lowest BCUT2D eigenvalue weighted by molar-refractivity contribution is -0.133. The molecule has 2 aliphatic rings. The number of hydrogen-bond acceptors (Lipinski definition) is 4. The Hall–Kier alpha value is -2.70. The van der Waals surface area contributed by atoms with Crippen LogP contribution in [0.4, 0.5) is 4.79 Å². The number of rotatable bonds is 6. The van der Waals surface area contributed by atoms with E-state index in [1.807, 2.05) is 54.6 Å². The van der Waals surface area contributed by atoms with Gasteiger partial charge in [0.1, 0.15) is 5.54 Å². The van der Waals surface area contributed by atoms with Crippen LogP contribution >= 0.6 is 0 Å². The van der Waals surface area contributed by atoms with Gasteiger partial charge in [-0.25, -0.2) is 4.79 Å². The van der Waals surface area contributed by atoms with Crippen molar-refractivity contribution in [1.29, 1.82) is 0 Å². The predicted molar refractivity (Wildman–Crippen MR) is 103 cm³/mol. The van der Waals surface area contributed by atoms with Gasteiger partial charge in [-0.05, 0) is 36.0 Å². The normalized spacial score (nSPS) is 22.2. The van der Waals surface area contributed by atoms with Gasteiger partial charge < -0.3 is 15.2 Å². The number of imide groups is 1. The van der Waals surface area contributed by atoms with Crippen molar-refractivity contribution < 1.29 is 19.4 Å². The van der Waals surface area contributed by atoms with Gasteiger partial charge in [-0.1, -0.05) is 54.6 Å². The van der Waals surface area contributed by atoms with E-state index in [9.17, 15) is 14.7 Å². The quantitative estimate of drug-likeness (QED) is 0.754. The summed E-state index contributed by atoms with van der Waals surface area (Å²) >= 11 is 0. The minimum Gasteiger partial charge on any atom is -0.389 e. The minimum absolute atomic E-state index is 0.0511. The molecule has 3 amide bonds. The fourth-order valence-corrected chi connectivity index (χ4v) is 4.13. The van der Waals surface area contributed by atoms with Crippen LogP contribution in [-0.4, -0.2) is 41.2 Å². The Labute approximate surface area is 164 Å². The number of nitrogens with zero attached hydrogens (tertiary/aromatic N) is 1. The predicted octanol–water partition coefficient (Wildman–Crippen LogP) is 2.35. The van der Waals surface area contributed by atoms with Crippen LogP contribution in [0.2, 0.25) is 0 Å². The Morgan fingerprint density at radius 1 is 1.11 bits per heavy atom. The van der Waals surface area contributed by atoms with Gasteiger partial charge in [0.25, 0.3) is 5.91 Å². The number of carbonyl (C=O) groups is 2. The number of fused-ring (bicyclic) bond motifs is 2. The van der Waals surface area contributed by atoms with E-state index in [1.54, 1.807) is 0 Å². The summed E-state index contributed by atoms with van der Waals surface area (Å²) in [6.45, 7) is 0.342. The number of β-amino-alcohol motifs (C(OH)–C–C–N with tert-alkyl or cyclic N) is 1. The van der Waals surface area contributed by atoms with E-state index in [0.717, 1.165) is 34.4 Å². The molecule has 146 valence electrons. The number of aliphatic hydroxyl groups excluding tert-OH is 1. The van der Waals surface area contributed by atoms with E-state index < -0.39 is 17.7 Å². The summed E-state index contributed by atoms with van der Waals surface area (Å²) in [4.78, 5) is 26.8. The molecule has 1 heterocycles. The number of carbonyl (C=O) groups excluding carboxylic acids is 2. The summed E-state index contributed by atoms with van der Waals surface area (Å²) in [5, 5.41) is 13.2. The molecule has 2 aromatic rings. The van der Waals surface area contributed by atoms with Crippen LogP contribution in [0.1, 0.15) is 29.5 Å². The third-order valence-corrected chi connectivity index (χ3v) is 5.47. The van der Waals surface area contributed by atoms with Crippen LogP contribution in [0.25, 0.3) is 0 Å². The average molecular weight is 380 g/mol. The van der Waals surface area contributed by atoms with Gasteiger partial charge >= 0.3 is 6.03 Å². The van der Waals surface area contributed by atoms with E-state index in [1.165, 1.54) is 0 Å². The SMILES string of the molecule is O=C1N[C@@]2(CCCc3ccccc32)C(=O)N1C[C@H](O)COCc1ccccc1. The fourth-order valence-electron chi connectivity index (χ4n) is 4.13. The summed E-state index contributed by atoms with van der Waals surface area (Å²) in [5.41, 5.74) is 1.96. The molecule has 0 radical (unpaired) electrons. The summed E-state index contributed by atoms with van der Waals surface area (Å²) in [6, 6.07) is 16.9. The first-order valence-corrected chi connectivity index (χ1v) is 9.62. The average Bonchev–Trinajstić information content (AvgIpc) is 2.94. The minimum atomic E-state index is -1.00. The zero-order valence-corrected chi connectivity index (χ0v) is 15.6. The topological polar surface area (TPSA) is 78.9 Å². The van der Waals surface area contributed by atoms with Crippen LogP contribution in [0.15, 0.2) is 54.6 Å². The van der Waals surface area contributed by atoms with Gasteiger partial charge in [-0.2, -0.15) is 0 Å². The van der Waals surface area contributed by atoms with E-state index in [-0.39, 0.29) is 19.1 Å². The molecule has 0 aromatic heterocycles. The molecular formula is C22H24N2O4. The van der Waals surface area contributed by atoms with Gasteiger partial charge in [-0.15, -0.1) is 0 Å². The lowest BCUT2D eigenvalue weighted by atomic mass is 9.76. The van der Waals surface area contributed by atoms with Crippen molar-refractivity contribution in [3.63, 3.8) is 0 Å². The molecule has 0 saturated carbocycles. The fraction of sp³-hybridized carbons (Fsp3) is 0.364. The molecule has 1 saturated heterocycles. The smallest absolute Gasteiger partial charge is 0.325 e. The number of aliphatic hydroxyl groups is 1. The molecule has 0 bridgehead atoms. The van der Waals surface area contributed by atoms with E-state index in [4.69, 9.17) is 4.74 Å². The van der Waals surface area contributed by atoms with E-state index >= 15 is 0 Å². The highest BCUT2D eigenvalue weighted by molar-refractivity contribution is 6.07. The molecule has 28 heavy (non-hydrogen) atoms. The third-order valence-electron chi connectivity index (χ3n) is 5.47. The molecule has 6 nitrogen and oxygen atoms in total. The highest BCUT2D eigenvalue weighted by Crippen LogP contribution is 2.39. The molecule has 1 aliphatic heterocycles. The number of aryl methyl sites for hydroxylation is 1. The van der Waals surface area contributed by atoms with Crippen molar-refractivity contribution in [3.8, 4) is 0 Å². The van der Waals surface area contributed by atoms with Gasteiger partial charge in [0.15, 0.2) is 0 Å². The molecule has 1 fully saturated rings. The molecular weight excluding hydrogens is 356 g/mol. The van der Waals surface area contributed by atoms with Gasteiger partial charge in [-0.3, -0.25) is 9.69 Å². The molecule has 1 spiro atoms. The lowest BCUT2D eigenvalue weighted by Crippen LogP contribution is -2.47. The molecule has 2 N–H and O–H groups in total. The van der Waals surface area contributed by atoms with Gasteiger partial charge in [0.05, 0.1) is 25.9 Å².